The number of aromatic nitrogens is 2. The van der Waals surface area contributed by atoms with Crippen LogP contribution in [0.3, 0.4) is 0 Å². The molecule has 1 saturated heterocycles. The van der Waals surface area contributed by atoms with Gasteiger partial charge in [-0.1, -0.05) is 5.92 Å². The van der Waals surface area contributed by atoms with Crippen molar-refractivity contribution in [1.82, 2.24) is 9.55 Å². The van der Waals surface area contributed by atoms with Crippen molar-refractivity contribution in [3.63, 3.8) is 0 Å². The molecule has 1 N–H and O–H groups in total. The van der Waals surface area contributed by atoms with E-state index in [1.165, 1.54) is 12.3 Å². The Morgan fingerprint density at radius 1 is 1.68 bits per heavy atom. The molecule has 0 radical (unpaired) electrons. The molecule has 0 aromatic carbocycles. The number of rotatable bonds is 4. The van der Waals surface area contributed by atoms with Crippen LogP contribution in [0.2, 0.25) is 0 Å². The first-order valence-electron chi connectivity index (χ1n) is 6.97. The van der Waals surface area contributed by atoms with Crippen molar-refractivity contribution in [3.05, 3.63) is 28.4 Å². The second-order valence-corrected chi connectivity index (χ2v) is 5.52. The lowest BCUT2D eigenvalue weighted by atomic mass is 9.97. The molecular formula is C15H19FN2O4. The quantitative estimate of drug-likeness (QED) is 0.823. The Labute approximate surface area is 127 Å². The molecule has 0 amide bonds. The first-order valence-corrected chi connectivity index (χ1v) is 6.97. The maximum atomic E-state index is 15.0. The summed E-state index contributed by atoms with van der Waals surface area (Å²) in [7, 11) is 0. The number of halogens is 1. The van der Waals surface area contributed by atoms with Crippen molar-refractivity contribution in [1.29, 1.82) is 0 Å². The Morgan fingerprint density at radius 2 is 2.36 bits per heavy atom. The third-order valence-corrected chi connectivity index (χ3v) is 3.48. The molecule has 2 rings (SSSR count). The van der Waals surface area contributed by atoms with E-state index in [9.17, 15) is 14.3 Å². The van der Waals surface area contributed by atoms with Gasteiger partial charge in [-0.05, 0) is 26.8 Å². The highest BCUT2D eigenvalue weighted by Gasteiger charge is 2.57. The highest BCUT2D eigenvalue weighted by atomic mass is 19.1. The second-order valence-electron chi connectivity index (χ2n) is 5.52. The standard InChI is InChI=1S/C15H19FN2O4/c1-5-15(16)12(19)11(8-21-9(2)3)22-13(15)18-7-6-10(4)17-14(18)20/h1,6-7,9,11-13,19H,8H2,2-4H3/t11-,12-,13-,15-/m1/s1. The van der Waals surface area contributed by atoms with Crippen molar-refractivity contribution in [2.75, 3.05) is 6.61 Å². The largest absolute Gasteiger partial charge is 0.386 e. The van der Waals surface area contributed by atoms with E-state index in [1.807, 2.05) is 5.92 Å². The molecule has 2 heterocycles. The summed E-state index contributed by atoms with van der Waals surface area (Å²) < 4.78 is 26.7. The van der Waals surface area contributed by atoms with Crippen molar-refractivity contribution >= 4 is 0 Å². The summed E-state index contributed by atoms with van der Waals surface area (Å²) in [6.07, 6.45) is 2.45. The van der Waals surface area contributed by atoms with Gasteiger partial charge in [0.1, 0.15) is 12.2 Å². The maximum absolute atomic E-state index is 15.0. The van der Waals surface area contributed by atoms with E-state index in [1.54, 1.807) is 20.8 Å². The SMILES string of the molecule is C#C[C@@]1(F)[C@H](O)[C@@H](COC(C)C)O[C@H]1n1ccc(C)nc1=O. The van der Waals surface area contributed by atoms with E-state index in [2.05, 4.69) is 4.98 Å². The topological polar surface area (TPSA) is 73.6 Å². The fourth-order valence-electron chi connectivity index (χ4n) is 2.27. The van der Waals surface area contributed by atoms with Crippen LogP contribution in [0.15, 0.2) is 17.1 Å². The molecule has 1 aromatic rings. The van der Waals surface area contributed by atoms with Crippen LogP contribution in [-0.4, -0.2) is 45.2 Å². The van der Waals surface area contributed by atoms with E-state index in [4.69, 9.17) is 15.9 Å². The molecule has 1 aliphatic rings. The fourth-order valence-corrected chi connectivity index (χ4v) is 2.27. The fraction of sp³-hybridized carbons (Fsp3) is 0.600. The number of hydrogen-bond acceptors (Lipinski definition) is 5. The summed E-state index contributed by atoms with van der Waals surface area (Å²) >= 11 is 0. The predicted molar refractivity (Wildman–Crippen MR) is 76.9 cm³/mol. The minimum absolute atomic E-state index is 0.0310. The summed E-state index contributed by atoms with van der Waals surface area (Å²) in [5.74, 6) is 1.91. The minimum atomic E-state index is -2.54. The minimum Gasteiger partial charge on any atom is -0.386 e. The lowest BCUT2D eigenvalue weighted by Gasteiger charge is -2.23. The second kappa shape index (κ2) is 6.16. The molecular weight excluding hydrogens is 291 g/mol. The molecule has 6 nitrogen and oxygen atoms in total. The number of ether oxygens (including phenoxy) is 2. The smallest absolute Gasteiger partial charge is 0.350 e. The molecule has 1 aliphatic heterocycles. The molecule has 1 fully saturated rings. The molecule has 22 heavy (non-hydrogen) atoms. The lowest BCUT2D eigenvalue weighted by molar-refractivity contribution is -0.0778. The number of alkyl halides is 1. The van der Waals surface area contributed by atoms with Gasteiger partial charge in [0.15, 0.2) is 6.23 Å². The summed E-state index contributed by atoms with van der Waals surface area (Å²) in [5.41, 5.74) is -2.74. The number of aryl methyl sites for hydroxylation is 1. The summed E-state index contributed by atoms with van der Waals surface area (Å²) in [6, 6.07) is 1.53. The van der Waals surface area contributed by atoms with Crippen LogP contribution < -0.4 is 5.69 Å². The lowest BCUT2D eigenvalue weighted by Crippen LogP contribution is -2.44. The number of aliphatic hydroxyl groups is 1. The Hall–Kier alpha value is -1.75. The number of nitrogens with zero attached hydrogens (tertiary/aromatic N) is 2. The van der Waals surface area contributed by atoms with Gasteiger partial charge in [-0.25, -0.2) is 9.18 Å². The highest BCUT2D eigenvalue weighted by molar-refractivity contribution is 5.20. The van der Waals surface area contributed by atoms with Crippen molar-refractivity contribution in [2.24, 2.45) is 0 Å². The van der Waals surface area contributed by atoms with Gasteiger partial charge in [0.05, 0.1) is 12.7 Å². The summed E-state index contributed by atoms with van der Waals surface area (Å²) in [4.78, 5) is 15.7. The number of hydrogen-bond donors (Lipinski definition) is 1. The zero-order valence-corrected chi connectivity index (χ0v) is 12.7. The van der Waals surface area contributed by atoms with Crippen LogP contribution in [0.25, 0.3) is 0 Å². The third kappa shape index (κ3) is 2.90. The molecule has 0 saturated carbocycles. The molecule has 0 aliphatic carbocycles. The first kappa shape index (κ1) is 16.6. The van der Waals surface area contributed by atoms with Crippen LogP contribution in [0.5, 0.6) is 0 Å². The highest BCUT2D eigenvalue weighted by Crippen LogP contribution is 2.40. The van der Waals surface area contributed by atoms with Crippen LogP contribution in [-0.2, 0) is 9.47 Å². The van der Waals surface area contributed by atoms with Gasteiger partial charge in [-0.15, -0.1) is 6.42 Å². The van der Waals surface area contributed by atoms with Crippen molar-refractivity contribution < 1.29 is 19.0 Å². The molecule has 4 atom stereocenters. The van der Waals surface area contributed by atoms with Gasteiger partial charge in [-0.3, -0.25) is 4.57 Å². The first-order chi connectivity index (χ1) is 10.3. The average Bonchev–Trinajstić information content (AvgIpc) is 2.70. The average molecular weight is 310 g/mol. The van der Waals surface area contributed by atoms with E-state index >= 15 is 0 Å². The van der Waals surface area contributed by atoms with Crippen LogP contribution in [0, 0.1) is 19.3 Å². The van der Waals surface area contributed by atoms with Crippen LogP contribution in [0.4, 0.5) is 4.39 Å². The summed E-state index contributed by atoms with van der Waals surface area (Å²) in [5, 5.41) is 10.1. The Balaban J connectivity index is 2.34. The molecule has 7 heteroatoms. The van der Waals surface area contributed by atoms with Gasteiger partial charge < -0.3 is 14.6 Å². The van der Waals surface area contributed by atoms with Gasteiger partial charge in [0.2, 0.25) is 5.67 Å². The zero-order valence-electron chi connectivity index (χ0n) is 12.7. The number of terminal acetylenes is 1. The molecule has 0 unspecified atom stereocenters. The maximum Gasteiger partial charge on any atom is 0.350 e. The van der Waals surface area contributed by atoms with Crippen molar-refractivity contribution in [2.45, 2.75) is 51.0 Å². The Kier molecular flexibility index (Phi) is 4.66. The predicted octanol–water partition coefficient (Wildman–Crippen LogP) is 0.577. The van der Waals surface area contributed by atoms with E-state index in [0.717, 1.165) is 4.57 Å². The summed E-state index contributed by atoms with van der Waals surface area (Å²) in [6.45, 7) is 5.21. The van der Waals surface area contributed by atoms with Gasteiger partial charge in [0.25, 0.3) is 0 Å². The van der Waals surface area contributed by atoms with Gasteiger partial charge >= 0.3 is 5.69 Å². The zero-order chi connectivity index (χ0) is 16.5. The number of aliphatic hydroxyl groups excluding tert-OH is 1. The monoisotopic (exact) mass is 310 g/mol. The van der Waals surface area contributed by atoms with Crippen LogP contribution >= 0.6 is 0 Å². The van der Waals surface area contributed by atoms with Crippen molar-refractivity contribution in [3.8, 4) is 12.3 Å². The molecule has 0 spiro atoms. The van der Waals surface area contributed by atoms with Crippen LogP contribution in [0.1, 0.15) is 25.8 Å². The van der Waals surface area contributed by atoms with E-state index in [-0.39, 0.29) is 12.7 Å². The Morgan fingerprint density at radius 3 is 2.91 bits per heavy atom. The molecule has 120 valence electrons. The van der Waals surface area contributed by atoms with E-state index in [0.29, 0.717) is 5.69 Å². The van der Waals surface area contributed by atoms with E-state index < -0.39 is 29.8 Å². The Bertz CT molecular complexity index is 639. The normalized spacial score (nSPS) is 31.4. The third-order valence-electron chi connectivity index (χ3n) is 3.48. The molecule has 0 bridgehead atoms. The van der Waals surface area contributed by atoms with Gasteiger partial charge in [-0.2, -0.15) is 4.98 Å². The molecule has 1 aromatic heterocycles. The van der Waals surface area contributed by atoms with Gasteiger partial charge in [0, 0.05) is 11.9 Å².